The predicted octanol–water partition coefficient (Wildman–Crippen LogP) is 14.6. The fourth-order valence-corrected chi connectivity index (χ4v) is 12.0. The Morgan fingerprint density at radius 1 is 0.811 bits per heavy atom. The van der Waals surface area contributed by atoms with Crippen LogP contribution in [0.25, 0.3) is 0 Å². The van der Waals surface area contributed by atoms with Crippen LogP contribution in [0.2, 0.25) is 0 Å². The van der Waals surface area contributed by atoms with E-state index < -0.39 is 36.2 Å². The number of amides is 2. The number of carbonyl (C=O) groups is 2. The van der Waals surface area contributed by atoms with E-state index in [4.69, 9.17) is 33.7 Å². The molecule has 4 aliphatic rings. The molecule has 13 heteroatoms. The molecule has 2 amide bonds. The second kappa shape index (κ2) is 35.6. The van der Waals surface area contributed by atoms with Crippen LogP contribution in [-0.2, 0) is 19.0 Å². The monoisotopic (exact) mass is 1040 g/mol. The summed E-state index contributed by atoms with van der Waals surface area (Å²) in [6.45, 7) is 12.9. The predicted molar refractivity (Wildman–Crippen MR) is 296 cm³/mol. The first-order valence-corrected chi connectivity index (χ1v) is 30.1. The van der Waals surface area contributed by atoms with E-state index in [0.29, 0.717) is 62.8 Å². The summed E-state index contributed by atoms with van der Waals surface area (Å²) < 4.78 is 32.9. The Hall–Kier alpha value is -3.65. The maximum Gasteiger partial charge on any atom is 0.412 e. The first-order chi connectivity index (χ1) is 36.3. The summed E-state index contributed by atoms with van der Waals surface area (Å²) >= 11 is 0. The number of allylic oxidation sites excluding steroid dienone is 1. The molecular formula is C61H101N3O10. The van der Waals surface area contributed by atoms with Crippen molar-refractivity contribution in [2.75, 3.05) is 46.1 Å². The summed E-state index contributed by atoms with van der Waals surface area (Å²) in [6.07, 6.45) is 34.9. The second-order valence-corrected chi connectivity index (χ2v) is 21.7. The lowest BCUT2D eigenvalue weighted by molar-refractivity contribution is -0.255. The van der Waals surface area contributed by atoms with Gasteiger partial charge in [0.05, 0.1) is 31.5 Å². The third-order valence-corrected chi connectivity index (χ3v) is 15.9. The van der Waals surface area contributed by atoms with Crippen LogP contribution in [0.15, 0.2) is 47.7 Å². The highest BCUT2D eigenvalue weighted by Crippen LogP contribution is 2.62. The maximum absolute atomic E-state index is 14.7. The zero-order valence-corrected chi connectivity index (χ0v) is 46.5. The number of hydrogen-bond donors (Lipinski definition) is 3. The van der Waals surface area contributed by atoms with Crippen LogP contribution in [0, 0.1) is 17.8 Å². The highest BCUT2D eigenvalue weighted by molar-refractivity contribution is 6.03. The minimum absolute atomic E-state index is 0.0225. The van der Waals surface area contributed by atoms with E-state index in [2.05, 4.69) is 38.7 Å². The summed E-state index contributed by atoms with van der Waals surface area (Å²) in [5, 5.41) is 28.1. The summed E-state index contributed by atoms with van der Waals surface area (Å²) in [4.78, 5) is 36.3. The van der Waals surface area contributed by atoms with Gasteiger partial charge in [0.1, 0.15) is 17.5 Å². The first-order valence-electron chi connectivity index (χ1n) is 30.1. The SMILES string of the molecule is C=CCOC12Oc3ccc(OC(=O)NCCCCCCCCCCCC)cc3C3C(CCCCO)C(CCCCO)C=C(C(=NOC4CCCCO4)CC1N(CCC)C(=O)OCCCCCCCCCCCC)C32. The Morgan fingerprint density at radius 2 is 1.46 bits per heavy atom. The lowest BCUT2D eigenvalue weighted by Gasteiger charge is -2.59. The van der Waals surface area contributed by atoms with Crippen LogP contribution in [0.3, 0.4) is 0 Å². The molecule has 1 aromatic carbocycles. The van der Waals surface area contributed by atoms with Crippen LogP contribution in [0.1, 0.15) is 231 Å². The number of fused-ring (bicyclic) bond motifs is 2. The van der Waals surface area contributed by atoms with Gasteiger partial charge in [-0.25, -0.2) is 9.59 Å². The zero-order valence-electron chi connectivity index (χ0n) is 46.5. The molecule has 2 aliphatic carbocycles. The quantitative estimate of drug-likeness (QED) is 0.0329. The summed E-state index contributed by atoms with van der Waals surface area (Å²) in [7, 11) is 0. The van der Waals surface area contributed by atoms with Crippen molar-refractivity contribution in [2.24, 2.45) is 22.9 Å². The van der Waals surface area contributed by atoms with Crippen molar-refractivity contribution in [3.05, 3.63) is 48.1 Å². The molecule has 74 heavy (non-hydrogen) atoms. The van der Waals surface area contributed by atoms with Gasteiger partial charge >= 0.3 is 12.2 Å². The van der Waals surface area contributed by atoms with E-state index in [9.17, 15) is 19.8 Å². The number of ether oxygens (including phenoxy) is 5. The lowest BCUT2D eigenvalue weighted by Crippen LogP contribution is -2.70. The molecule has 0 aromatic heterocycles. The number of aliphatic hydroxyl groups excluding tert-OH is 2. The van der Waals surface area contributed by atoms with Crippen molar-refractivity contribution in [1.82, 2.24) is 10.2 Å². The molecule has 2 heterocycles. The Bertz CT molecular complexity index is 1800. The average Bonchev–Trinajstić information content (AvgIpc) is 3.41. The molecule has 2 fully saturated rings. The van der Waals surface area contributed by atoms with Gasteiger partial charge in [-0.2, -0.15) is 0 Å². The van der Waals surface area contributed by atoms with Gasteiger partial charge < -0.3 is 44.1 Å². The lowest BCUT2D eigenvalue weighted by atomic mass is 9.55. The highest BCUT2D eigenvalue weighted by atomic mass is 16.8. The molecule has 0 radical (unpaired) electrons. The van der Waals surface area contributed by atoms with Crippen molar-refractivity contribution >= 4 is 17.9 Å². The number of carbonyl (C=O) groups excluding carboxylic acids is 2. The number of aliphatic hydroxyl groups is 2. The molecule has 420 valence electrons. The van der Waals surface area contributed by atoms with Gasteiger partial charge in [-0.05, 0) is 93.4 Å². The molecule has 7 atom stereocenters. The van der Waals surface area contributed by atoms with Gasteiger partial charge in [-0.3, -0.25) is 4.90 Å². The third kappa shape index (κ3) is 19.1. The number of nitrogens with one attached hydrogen (secondary N) is 1. The summed E-state index contributed by atoms with van der Waals surface area (Å²) in [5.74, 6) is -1.08. The molecule has 3 N–H and O–H groups in total. The van der Waals surface area contributed by atoms with E-state index in [-0.39, 0.29) is 44.0 Å². The fraction of sp³-hybridized carbons (Fsp3) is 0.787. The van der Waals surface area contributed by atoms with Crippen LogP contribution >= 0.6 is 0 Å². The number of unbranched alkanes of at least 4 members (excludes halogenated alkanes) is 20. The van der Waals surface area contributed by atoms with Crippen LogP contribution in [-0.4, -0.2) is 97.3 Å². The van der Waals surface area contributed by atoms with Gasteiger partial charge in [0, 0.05) is 50.6 Å². The number of benzene rings is 1. The Balaban J connectivity index is 1.48. The van der Waals surface area contributed by atoms with E-state index in [0.717, 1.165) is 94.6 Å². The standard InChI is InChI=1S/C61H101N3O10/c1-5-9-11-13-15-17-19-21-23-28-38-62-59(67)72-49-36-37-54-52(46-49)57-50(34-26-30-41-66)48(33-25-29-40-65)45-51-53(63-74-56-35-27-32-43-69-56)47-55(61(73-54,58(51)57)71-42-8-4)64(39-7-3)60(68)70-44-31-24-22-20-18-16-14-12-10-6-2/h8,36-37,45-46,48,50,55-58,65-66H,4-7,9-35,38-44,47H2,1-3H3,(H,62,67). The largest absolute Gasteiger partial charge is 0.459 e. The fourth-order valence-electron chi connectivity index (χ4n) is 12.0. The minimum atomic E-state index is -1.41. The van der Waals surface area contributed by atoms with Crippen molar-refractivity contribution < 1.29 is 48.3 Å². The Labute approximate surface area is 447 Å². The highest BCUT2D eigenvalue weighted by Gasteiger charge is 2.65. The van der Waals surface area contributed by atoms with Gasteiger partial charge in [0.25, 0.3) is 0 Å². The number of nitrogens with zero attached hydrogens (tertiary/aromatic N) is 2. The molecule has 2 aliphatic heterocycles. The van der Waals surface area contributed by atoms with E-state index >= 15 is 0 Å². The van der Waals surface area contributed by atoms with Crippen molar-refractivity contribution in [1.29, 1.82) is 0 Å². The second-order valence-electron chi connectivity index (χ2n) is 21.7. The topological polar surface area (TPSA) is 158 Å². The first kappa shape index (κ1) is 61.2. The van der Waals surface area contributed by atoms with Crippen molar-refractivity contribution in [2.45, 2.75) is 244 Å². The smallest absolute Gasteiger partial charge is 0.412 e. The van der Waals surface area contributed by atoms with Gasteiger partial charge in [0.15, 0.2) is 0 Å². The molecule has 1 aromatic rings. The summed E-state index contributed by atoms with van der Waals surface area (Å²) in [5.41, 5.74) is 2.55. The van der Waals surface area contributed by atoms with Gasteiger partial charge in [0.2, 0.25) is 12.1 Å². The molecule has 0 bridgehead atoms. The molecule has 1 saturated heterocycles. The van der Waals surface area contributed by atoms with E-state index in [1.807, 2.05) is 17.0 Å². The molecular weight excluding hydrogens is 935 g/mol. The maximum atomic E-state index is 14.7. The molecule has 1 saturated carbocycles. The van der Waals surface area contributed by atoms with Gasteiger partial charge in [-0.1, -0.05) is 166 Å². The third-order valence-electron chi connectivity index (χ3n) is 15.9. The van der Waals surface area contributed by atoms with Crippen LogP contribution < -0.4 is 14.8 Å². The number of oxime groups is 1. The van der Waals surface area contributed by atoms with Crippen LogP contribution in [0.4, 0.5) is 9.59 Å². The van der Waals surface area contributed by atoms with E-state index in [1.165, 1.54) is 89.9 Å². The molecule has 13 nitrogen and oxygen atoms in total. The Kier molecular flexibility index (Phi) is 29.5. The minimum Gasteiger partial charge on any atom is -0.459 e. The average molecular weight is 1040 g/mol. The molecule has 7 unspecified atom stereocenters. The van der Waals surface area contributed by atoms with E-state index in [1.54, 1.807) is 12.1 Å². The molecule has 5 rings (SSSR count). The van der Waals surface area contributed by atoms with Crippen molar-refractivity contribution in [3.63, 3.8) is 0 Å². The zero-order chi connectivity index (χ0) is 52.6. The number of rotatable bonds is 39. The normalized spacial score (nSPS) is 23.5. The summed E-state index contributed by atoms with van der Waals surface area (Å²) in [6, 6.07) is 4.94. The molecule has 0 spiro atoms. The van der Waals surface area contributed by atoms with Crippen LogP contribution in [0.5, 0.6) is 11.5 Å². The number of hydrogen-bond acceptors (Lipinski definition) is 11. The Morgan fingerprint density at radius 3 is 2.08 bits per heavy atom. The van der Waals surface area contributed by atoms with Crippen molar-refractivity contribution in [3.8, 4) is 11.5 Å². The van der Waals surface area contributed by atoms with Gasteiger partial charge in [-0.15, -0.1) is 6.58 Å².